The van der Waals surface area contributed by atoms with E-state index in [0.29, 0.717) is 0 Å². The van der Waals surface area contributed by atoms with Gasteiger partial charge in [-0.25, -0.2) is 0 Å². The molecule has 0 amide bonds. The van der Waals surface area contributed by atoms with Crippen molar-refractivity contribution in [3.8, 4) is 5.75 Å². The maximum atomic E-state index is 5.20. The van der Waals surface area contributed by atoms with Gasteiger partial charge in [0.2, 0.25) is 0 Å². The molecule has 1 N–H and O–H groups in total. The van der Waals surface area contributed by atoms with Crippen molar-refractivity contribution in [1.82, 2.24) is 5.32 Å². The molecule has 1 aromatic carbocycles. The number of unbranched alkanes of at least 4 members (excludes halogenated alkanes) is 3. The third-order valence-corrected chi connectivity index (χ3v) is 3.37. The van der Waals surface area contributed by atoms with Gasteiger partial charge >= 0.3 is 0 Å². The lowest BCUT2D eigenvalue weighted by atomic mass is 10.2. The van der Waals surface area contributed by atoms with E-state index in [-0.39, 0.29) is 0 Å². The first-order valence-electron chi connectivity index (χ1n) is 6.31. The molecule has 0 fully saturated rings. The van der Waals surface area contributed by atoms with Crippen molar-refractivity contribution < 1.29 is 4.74 Å². The Morgan fingerprint density at radius 1 is 1.24 bits per heavy atom. The summed E-state index contributed by atoms with van der Waals surface area (Å²) in [5.41, 5.74) is 1.29. The minimum absolute atomic E-state index is 0.886. The summed E-state index contributed by atoms with van der Waals surface area (Å²) < 4.78 is 6.22. The highest BCUT2D eigenvalue weighted by atomic mass is 79.9. The molecular formula is C14H22BrNO. The first-order valence-corrected chi connectivity index (χ1v) is 7.10. The zero-order valence-corrected chi connectivity index (χ0v) is 12.3. The molecule has 0 atom stereocenters. The van der Waals surface area contributed by atoms with E-state index in [2.05, 4.69) is 40.3 Å². The van der Waals surface area contributed by atoms with Crippen LogP contribution in [0.1, 0.15) is 38.2 Å². The van der Waals surface area contributed by atoms with Crippen LogP contribution in [0.5, 0.6) is 5.75 Å². The summed E-state index contributed by atoms with van der Waals surface area (Å²) in [7, 11) is 1.69. The van der Waals surface area contributed by atoms with Gasteiger partial charge in [-0.05, 0) is 46.6 Å². The Morgan fingerprint density at radius 2 is 2.06 bits per heavy atom. The second kappa shape index (κ2) is 8.54. The predicted molar refractivity (Wildman–Crippen MR) is 76.5 cm³/mol. The van der Waals surface area contributed by atoms with Crippen LogP contribution in [0, 0.1) is 0 Å². The molecule has 0 saturated heterocycles. The maximum Gasteiger partial charge on any atom is 0.133 e. The van der Waals surface area contributed by atoms with E-state index >= 15 is 0 Å². The molecule has 1 aromatic rings. The molecule has 2 nitrogen and oxygen atoms in total. The summed E-state index contributed by atoms with van der Waals surface area (Å²) in [6.45, 7) is 4.26. The number of rotatable bonds is 8. The number of nitrogens with one attached hydrogen (secondary N) is 1. The normalized spacial score (nSPS) is 10.5. The third-order valence-electron chi connectivity index (χ3n) is 2.75. The van der Waals surface area contributed by atoms with Gasteiger partial charge in [0.15, 0.2) is 0 Å². The van der Waals surface area contributed by atoms with E-state index in [1.165, 1.54) is 31.2 Å². The molecule has 0 aliphatic carbocycles. The van der Waals surface area contributed by atoms with Gasteiger partial charge in [0, 0.05) is 6.54 Å². The van der Waals surface area contributed by atoms with Crippen LogP contribution >= 0.6 is 15.9 Å². The summed E-state index contributed by atoms with van der Waals surface area (Å²) in [5, 5.41) is 3.46. The quantitative estimate of drug-likeness (QED) is 0.729. The van der Waals surface area contributed by atoms with Gasteiger partial charge in [0.05, 0.1) is 11.6 Å². The van der Waals surface area contributed by atoms with Crippen molar-refractivity contribution in [2.45, 2.75) is 39.2 Å². The fourth-order valence-electron chi connectivity index (χ4n) is 1.73. The van der Waals surface area contributed by atoms with Gasteiger partial charge in [-0.3, -0.25) is 0 Å². The van der Waals surface area contributed by atoms with Crippen molar-refractivity contribution in [2.75, 3.05) is 13.7 Å². The first kappa shape index (κ1) is 14.5. The number of ether oxygens (including phenoxy) is 1. The summed E-state index contributed by atoms with van der Waals surface area (Å²) in [5.74, 6) is 0.886. The highest BCUT2D eigenvalue weighted by molar-refractivity contribution is 9.10. The van der Waals surface area contributed by atoms with E-state index < -0.39 is 0 Å². The van der Waals surface area contributed by atoms with Crippen LogP contribution in [0.2, 0.25) is 0 Å². The van der Waals surface area contributed by atoms with E-state index in [1.54, 1.807) is 7.11 Å². The molecule has 0 saturated carbocycles. The topological polar surface area (TPSA) is 21.3 Å². The van der Waals surface area contributed by atoms with E-state index in [9.17, 15) is 0 Å². The second-order valence-electron chi connectivity index (χ2n) is 4.21. The average molecular weight is 300 g/mol. The average Bonchev–Trinajstić information content (AvgIpc) is 2.34. The van der Waals surface area contributed by atoms with Crippen LogP contribution in [0.3, 0.4) is 0 Å². The Morgan fingerprint density at radius 3 is 2.71 bits per heavy atom. The summed E-state index contributed by atoms with van der Waals surface area (Å²) in [6.07, 6.45) is 5.24. The molecule has 96 valence electrons. The second-order valence-corrected chi connectivity index (χ2v) is 5.06. The molecule has 0 aromatic heterocycles. The molecule has 0 bridgehead atoms. The van der Waals surface area contributed by atoms with Crippen LogP contribution < -0.4 is 10.1 Å². The number of halogens is 1. The molecule has 1 rings (SSSR count). The van der Waals surface area contributed by atoms with Gasteiger partial charge in [-0.2, -0.15) is 0 Å². The minimum atomic E-state index is 0.886. The van der Waals surface area contributed by atoms with Crippen LogP contribution in [-0.2, 0) is 6.54 Å². The highest BCUT2D eigenvalue weighted by Crippen LogP contribution is 2.25. The minimum Gasteiger partial charge on any atom is -0.496 e. The summed E-state index contributed by atoms with van der Waals surface area (Å²) >= 11 is 3.50. The highest BCUT2D eigenvalue weighted by Gasteiger charge is 2.00. The van der Waals surface area contributed by atoms with Crippen LogP contribution in [0.15, 0.2) is 22.7 Å². The number of benzene rings is 1. The molecule has 0 unspecified atom stereocenters. The Labute approximate surface area is 113 Å². The fraction of sp³-hybridized carbons (Fsp3) is 0.571. The Bertz CT molecular complexity index is 328. The predicted octanol–water partition coefficient (Wildman–Crippen LogP) is 4.13. The van der Waals surface area contributed by atoms with Crippen LogP contribution in [0.4, 0.5) is 0 Å². The molecule has 0 radical (unpaired) electrons. The van der Waals surface area contributed by atoms with Gasteiger partial charge in [0.25, 0.3) is 0 Å². The largest absolute Gasteiger partial charge is 0.496 e. The smallest absolute Gasteiger partial charge is 0.133 e. The maximum absolute atomic E-state index is 5.20. The molecule has 3 heteroatoms. The lowest BCUT2D eigenvalue weighted by Gasteiger charge is -2.07. The molecule has 0 heterocycles. The zero-order chi connectivity index (χ0) is 12.5. The SMILES string of the molecule is CCCCCCNCc1ccc(OC)c(Br)c1. The summed E-state index contributed by atoms with van der Waals surface area (Å²) in [4.78, 5) is 0. The fourth-order valence-corrected chi connectivity index (χ4v) is 2.32. The standard InChI is InChI=1S/C14H22BrNO/c1-3-4-5-6-9-16-11-12-7-8-14(17-2)13(15)10-12/h7-8,10,16H,3-6,9,11H2,1-2H3. The van der Waals surface area contributed by atoms with Gasteiger partial charge in [-0.15, -0.1) is 0 Å². The number of hydrogen-bond donors (Lipinski definition) is 1. The molecule has 17 heavy (non-hydrogen) atoms. The van der Waals surface area contributed by atoms with E-state index in [4.69, 9.17) is 4.74 Å². The molecule has 0 aliphatic rings. The Hall–Kier alpha value is -0.540. The van der Waals surface area contributed by atoms with Crippen molar-refractivity contribution >= 4 is 15.9 Å². The Balaban J connectivity index is 2.25. The molecule has 0 aliphatic heterocycles. The van der Waals surface area contributed by atoms with Gasteiger partial charge in [0.1, 0.15) is 5.75 Å². The lowest BCUT2D eigenvalue weighted by molar-refractivity contribution is 0.412. The third kappa shape index (κ3) is 5.55. The van der Waals surface area contributed by atoms with E-state index in [1.807, 2.05) is 6.07 Å². The van der Waals surface area contributed by atoms with Crippen molar-refractivity contribution in [3.63, 3.8) is 0 Å². The monoisotopic (exact) mass is 299 g/mol. The van der Waals surface area contributed by atoms with Crippen molar-refractivity contribution in [1.29, 1.82) is 0 Å². The van der Waals surface area contributed by atoms with Gasteiger partial charge in [-0.1, -0.05) is 32.3 Å². The lowest BCUT2D eigenvalue weighted by Crippen LogP contribution is -2.14. The van der Waals surface area contributed by atoms with Crippen molar-refractivity contribution in [3.05, 3.63) is 28.2 Å². The molecular weight excluding hydrogens is 278 g/mol. The molecule has 0 spiro atoms. The van der Waals surface area contributed by atoms with E-state index in [0.717, 1.165) is 23.3 Å². The van der Waals surface area contributed by atoms with Crippen LogP contribution in [-0.4, -0.2) is 13.7 Å². The van der Waals surface area contributed by atoms with Gasteiger partial charge < -0.3 is 10.1 Å². The number of hydrogen-bond acceptors (Lipinski definition) is 2. The number of methoxy groups -OCH3 is 1. The first-order chi connectivity index (χ1) is 8.27. The Kier molecular flexibility index (Phi) is 7.29. The van der Waals surface area contributed by atoms with Crippen molar-refractivity contribution in [2.24, 2.45) is 0 Å². The summed E-state index contributed by atoms with van der Waals surface area (Å²) in [6, 6.07) is 6.21. The zero-order valence-electron chi connectivity index (χ0n) is 10.8. The van der Waals surface area contributed by atoms with Crippen LogP contribution in [0.25, 0.3) is 0 Å².